The second kappa shape index (κ2) is 8.56. The summed E-state index contributed by atoms with van der Waals surface area (Å²) < 4.78 is 104. The Balaban J connectivity index is 2.37. The van der Waals surface area contributed by atoms with Gasteiger partial charge in [0, 0.05) is 23.9 Å². The summed E-state index contributed by atoms with van der Waals surface area (Å²) in [5, 5.41) is 12.6. The SMILES string of the molecule is CC(=O)c1cc(C(O)(C(F)(F)F)C(F)(F)F)ccc1C1(C(N)=O)NCCc2cc(S(C)(=O)=O)ccc21. The van der Waals surface area contributed by atoms with Gasteiger partial charge in [0.1, 0.15) is 5.54 Å². The Kier molecular flexibility index (Phi) is 6.56. The van der Waals surface area contributed by atoms with Crippen molar-refractivity contribution in [3.63, 3.8) is 0 Å². The lowest BCUT2D eigenvalue weighted by Gasteiger charge is -2.40. The topological polar surface area (TPSA) is 127 Å². The van der Waals surface area contributed by atoms with Crippen LogP contribution in [0.25, 0.3) is 0 Å². The van der Waals surface area contributed by atoms with E-state index >= 15 is 0 Å². The van der Waals surface area contributed by atoms with Crippen LogP contribution in [0.15, 0.2) is 41.3 Å². The lowest BCUT2D eigenvalue weighted by atomic mass is 9.73. The zero-order chi connectivity index (χ0) is 27.5. The van der Waals surface area contributed by atoms with E-state index in [1.54, 1.807) is 0 Å². The van der Waals surface area contributed by atoms with Crippen LogP contribution < -0.4 is 11.1 Å². The third kappa shape index (κ3) is 4.16. The maximum absolute atomic E-state index is 13.4. The third-order valence-corrected chi connectivity index (χ3v) is 7.21. The highest BCUT2D eigenvalue weighted by molar-refractivity contribution is 7.90. The summed E-state index contributed by atoms with van der Waals surface area (Å²) >= 11 is 0. The average Bonchev–Trinajstić information content (AvgIpc) is 2.74. The summed E-state index contributed by atoms with van der Waals surface area (Å²) in [5.41, 5.74) is -4.11. The molecule has 0 saturated heterocycles. The summed E-state index contributed by atoms with van der Waals surface area (Å²) in [6, 6.07) is 4.90. The maximum Gasteiger partial charge on any atom is 0.430 e. The van der Waals surface area contributed by atoms with Gasteiger partial charge in [-0.2, -0.15) is 26.3 Å². The Hall–Kier alpha value is -2.97. The standard InChI is InChI=1S/C22H20F6N2O5S/c1-11(31)15-10-13(20(33,21(23,24)25)22(26,27)28)3-5-17(15)19(18(29)32)16-6-4-14(36(2,34)35)9-12(16)7-8-30-19/h3-6,9-10,30,33H,7-8H2,1-2H3,(H2,29,32). The summed E-state index contributed by atoms with van der Waals surface area (Å²) in [6.07, 6.45) is -11.2. The fourth-order valence-corrected chi connectivity index (χ4v) is 4.99. The molecule has 0 bridgehead atoms. The van der Waals surface area contributed by atoms with Gasteiger partial charge in [0.15, 0.2) is 15.6 Å². The summed E-state index contributed by atoms with van der Waals surface area (Å²) in [7, 11) is -3.66. The number of alkyl halides is 6. The third-order valence-electron chi connectivity index (χ3n) is 6.10. The van der Waals surface area contributed by atoms with Crippen LogP contribution in [0, 0.1) is 0 Å². The molecule has 0 aliphatic carbocycles. The average molecular weight is 538 g/mol. The normalized spacial score (nSPS) is 19.0. The van der Waals surface area contributed by atoms with Gasteiger partial charge in [-0.25, -0.2) is 8.42 Å². The second-order valence-corrected chi connectivity index (χ2v) is 10.4. The molecule has 4 N–H and O–H groups in total. The predicted molar refractivity (Wildman–Crippen MR) is 114 cm³/mol. The van der Waals surface area contributed by atoms with Gasteiger partial charge < -0.3 is 10.8 Å². The molecule has 7 nitrogen and oxygen atoms in total. The number of carbonyl (C=O) groups is 2. The van der Waals surface area contributed by atoms with Crippen molar-refractivity contribution in [1.29, 1.82) is 0 Å². The van der Waals surface area contributed by atoms with Gasteiger partial charge in [-0.15, -0.1) is 0 Å². The largest absolute Gasteiger partial charge is 0.430 e. The molecule has 1 unspecified atom stereocenters. The van der Waals surface area contributed by atoms with Gasteiger partial charge >= 0.3 is 12.4 Å². The number of sulfone groups is 1. The van der Waals surface area contributed by atoms with E-state index in [0.717, 1.165) is 19.2 Å². The number of primary amides is 1. The Morgan fingerprint density at radius 3 is 2.03 bits per heavy atom. The molecule has 1 atom stereocenters. The van der Waals surface area contributed by atoms with Crippen LogP contribution in [0.2, 0.25) is 0 Å². The Bertz CT molecular complexity index is 1340. The van der Waals surface area contributed by atoms with Gasteiger partial charge in [0.25, 0.3) is 5.60 Å². The van der Waals surface area contributed by atoms with Gasteiger partial charge in [-0.1, -0.05) is 18.2 Å². The molecule has 1 heterocycles. The predicted octanol–water partition coefficient (Wildman–Crippen LogP) is 2.48. The summed E-state index contributed by atoms with van der Waals surface area (Å²) in [6.45, 7) is 0.853. The molecule has 36 heavy (non-hydrogen) atoms. The molecule has 1 aliphatic heterocycles. The first kappa shape index (κ1) is 27.6. The van der Waals surface area contributed by atoms with E-state index < -0.39 is 56.1 Å². The number of aliphatic hydroxyl groups is 1. The Labute approximate surface area is 201 Å². The van der Waals surface area contributed by atoms with E-state index in [-0.39, 0.29) is 35.1 Å². The highest BCUT2D eigenvalue weighted by Gasteiger charge is 2.71. The van der Waals surface area contributed by atoms with Crippen molar-refractivity contribution in [2.24, 2.45) is 5.73 Å². The lowest BCUT2D eigenvalue weighted by Crippen LogP contribution is -2.57. The van der Waals surface area contributed by atoms with Crippen molar-refractivity contribution in [3.05, 3.63) is 64.2 Å². The molecule has 1 aliphatic rings. The maximum atomic E-state index is 13.4. The number of fused-ring (bicyclic) bond motifs is 1. The number of rotatable bonds is 5. The number of nitrogens with two attached hydrogens (primary N) is 1. The number of carbonyl (C=O) groups excluding carboxylic acids is 2. The molecule has 0 saturated carbocycles. The number of hydrogen-bond donors (Lipinski definition) is 3. The zero-order valence-electron chi connectivity index (χ0n) is 18.7. The van der Waals surface area contributed by atoms with E-state index in [9.17, 15) is 49.5 Å². The molecule has 0 radical (unpaired) electrons. The van der Waals surface area contributed by atoms with Gasteiger partial charge in [0.05, 0.1) is 4.90 Å². The second-order valence-electron chi connectivity index (χ2n) is 8.40. The van der Waals surface area contributed by atoms with Crippen molar-refractivity contribution in [2.75, 3.05) is 12.8 Å². The molecule has 14 heteroatoms. The summed E-state index contributed by atoms with van der Waals surface area (Å²) in [5.74, 6) is -2.16. The van der Waals surface area contributed by atoms with Crippen molar-refractivity contribution in [1.82, 2.24) is 5.32 Å². The number of nitrogens with one attached hydrogen (secondary N) is 1. The van der Waals surface area contributed by atoms with Crippen LogP contribution in [0.4, 0.5) is 26.3 Å². The number of amides is 1. The number of Topliss-reactive ketones (excluding diaryl/α,β-unsaturated/α-hetero) is 1. The van der Waals surface area contributed by atoms with Crippen LogP contribution >= 0.6 is 0 Å². The molecule has 196 valence electrons. The molecule has 2 aromatic rings. The van der Waals surface area contributed by atoms with Crippen molar-refractivity contribution >= 4 is 21.5 Å². The monoisotopic (exact) mass is 538 g/mol. The molecule has 0 aromatic heterocycles. The molecular weight excluding hydrogens is 518 g/mol. The van der Waals surface area contributed by atoms with Crippen LogP contribution in [0.5, 0.6) is 0 Å². The molecule has 2 aromatic carbocycles. The van der Waals surface area contributed by atoms with Gasteiger partial charge in [-0.05, 0) is 48.2 Å². The first-order valence-corrected chi connectivity index (χ1v) is 12.1. The van der Waals surface area contributed by atoms with E-state index in [1.165, 1.54) is 12.1 Å². The van der Waals surface area contributed by atoms with E-state index in [2.05, 4.69) is 5.32 Å². The number of halogens is 6. The molecule has 0 fully saturated rings. The first-order chi connectivity index (χ1) is 16.3. The Morgan fingerprint density at radius 2 is 1.56 bits per heavy atom. The van der Waals surface area contributed by atoms with E-state index in [0.29, 0.717) is 17.7 Å². The first-order valence-electron chi connectivity index (χ1n) is 10.2. The molecule has 1 amide bonds. The number of ketones is 1. The summed E-state index contributed by atoms with van der Waals surface area (Å²) in [4.78, 5) is 25.2. The van der Waals surface area contributed by atoms with Crippen LogP contribution in [-0.4, -0.2) is 50.4 Å². The van der Waals surface area contributed by atoms with Crippen LogP contribution in [-0.2, 0) is 32.2 Å². The van der Waals surface area contributed by atoms with E-state index in [4.69, 9.17) is 5.73 Å². The minimum Gasteiger partial charge on any atom is -0.369 e. The number of benzene rings is 2. The fraction of sp³-hybridized carbons (Fsp3) is 0.364. The highest BCUT2D eigenvalue weighted by Crippen LogP contribution is 2.51. The molecular formula is C22H20F6N2O5S. The number of hydrogen-bond acceptors (Lipinski definition) is 6. The fourth-order valence-electron chi connectivity index (χ4n) is 4.32. The lowest BCUT2D eigenvalue weighted by molar-refractivity contribution is -0.376. The van der Waals surface area contributed by atoms with Crippen molar-refractivity contribution in [3.8, 4) is 0 Å². The zero-order valence-corrected chi connectivity index (χ0v) is 19.5. The molecule has 0 spiro atoms. The minimum atomic E-state index is -6.19. The molecule has 3 rings (SSSR count). The van der Waals surface area contributed by atoms with Crippen molar-refractivity contribution < 1.29 is 49.5 Å². The van der Waals surface area contributed by atoms with Crippen LogP contribution in [0.3, 0.4) is 0 Å². The highest BCUT2D eigenvalue weighted by atomic mass is 32.2. The smallest absolute Gasteiger partial charge is 0.369 e. The van der Waals surface area contributed by atoms with Gasteiger partial charge in [0.2, 0.25) is 5.91 Å². The quantitative estimate of drug-likeness (QED) is 0.397. The van der Waals surface area contributed by atoms with E-state index in [1.807, 2.05) is 0 Å². The van der Waals surface area contributed by atoms with Crippen molar-refractivity contribution in [2.45, 2.75) is 41.7 Å². The Morgan fingerprint density at radius 1 is 1.00 bits per heavy atom. The van der Waals surface area contributed by atoms with Crippen LogP contribution in [0.1, 0.15) is 39.5 Å². The minimum absolute atomic E-state index is 0.00269. The van der Waals surface area contributed by atoms with Gasteiger partial charge in [-0.3, -0.25) is 14.9 Å².